The van der Waals surface area contributed by atoms with Gasteiger partial charge in [0.15, 0.2) is 0 Å². The van der Waals surface area contributed by atoms with Gasteiger partial charge in [-0.25, -0.2) is 8.42 Å². The van der Waals surface area contributed by atoms with Crippen molar-refractivity contribution >= 4 is 49.9 Å². The summed E-state index contributed by atoms with van der Waals surface area (Å²) in [7, 11) is -3.55. The molecular weight excluding hydrogens is 512 g/mol. The molecule has 2 aromatic carbocycles. The maximum absolute atomic E-state index is 12.4. The summed E-state index contributed by atoms with van der Waals surface area (Å²) in [6.07, 6.45) is 3.19. The highest BCUT2D eigenvalue weighted by Crippen LogP contribution is 2.27. The van der Waals surface area contributed by atoms with E-state index in [2.05, 4.69) is 22.4 Å². The molecule has 182 valence electrons. The summed E-state index contributed by atoms with van der Waals surface area (Å²) in [5, 5.41) is 19.1. The number of nitrogens with one attached hydrogen (secondary N) is 1. The molecule has 1 aromatic heterocycles. The number of halogens is 1. The van der Waals surface area contributed by atoms with Gasteiger partial charge in [0.05, 0.1) is 5.02 Å². The number of nitrogens with zero attached hydrogens (tertiary/aromatic N) is 3. The van der Waals surface area contributed by atoms with Gasteiger partial charge in [-0.15, -0.1) is 10.2 Å². The molecule has 35 heavy (non-hydrogen) atoms. The summed E-state index contributed by atoms with van der Waals surface area (Å²) in [6.45, 7) is 2.66. The first-order chi connectivity index (χ1) is 16.7. The standard InChI is InChI=1S/C23H21ClN4O5S2/c1-3-16-6-4-5-7-19(16)32-10-11-33-20-9-8-15(13-18(20)24)12-17(14-25)21(29)26-22-27-28-23(34-22)35(2,30)31/h4-9,12-13H,3,10-11H2,1-2H3,(H,26,27,29)/b17-12-. The van der Waals surface area contributed by atoms with E-state index in [4.69, 9.17) is 21.1 Å². The minimum Gasteiger partial charge on any atom is -0.490 e. The van der Waals surface area contributed by atoms with Gasteiger partial charge in [0.2, 0.25) is 19.3 Å². The van der Waals surface area contributed by atoms with Crippen LogP contribution in [0.4, 0.5) is 5.13 Å². The summed E-state index contributed by atoms with van der Waals surface area (Å²) < 4.78 is 34.2. The number of aryl methyl sites for hydroxylation is 1. The van der Waals surface area contributed by atoms with Crippen molar-refractivity contribution in [3.8, 4) is 17.6 Å². The SMILES string of the molecule is CCc1ccccc1OCCOc1ccc(/C=C(/C#N)C(=O)Nc2nnc(S(C)(=O)=O)s2)cc1Cl. The molecular formula is C23H21ClN4O5S2. The Morgan fingerprint density at radius 3 is 2.51 bits per heavy atom. The van der Waals surface area contributed by atoms with Crippen molar-refractivity contribution in [3.63, 3.8) is 0 Å². The highest BCUT2D eigenvalue weighted by atomic mass is 35.5. The number of anilines is 1. The highest BCUT2D eigenvalue weighted by molar-refractivity contribution is 7.92. The molecule has 3 rings (SSSR count). The largest absolute Gasteiger partial charge is 0.490 e. The fourth-order valence-corrected chi connectivity index (χ4v) is 4.60. The van der Waals surface area contributed by atoms with Gasteiger partial charge >= 0.3 is 0 Å². The van der Waals surface area contributed by atoms with E-state index in [-0.39, 0.29) is 21.7 Å². The fourth-order valence-electron chi connectivity index (χ4n) is 2.85. The molecule has 0 saturated heterocycles. The number of nitriles is 1. The normalized spacial score (nSPS) is 11.5. The zero-order valence-corrected chi connectivity index (χ0v) is 21.2. The summed E-state index contributed by atoms with van der Waals surface area (Å²) in [5.74, 6) is 0.486. The summed E-state index contributed by atoms with van der Waals surface area (Å²) in [4.78, 5) is 12.4. The van der Waals surface area contributed by atoms with Crippen molar-refractivity contribution in [2.45, 2.75) is 17.7 Å². The molecule has 9 nitrogen and oxygen atoms in total. The number of carbonyl (C=O) groups is 1. The van der Waals surface area contributed by atoms with Crippen LogP contribution >= 0.6 is 22.9 Å². The van der Waals surface area contributed by atoms with Crippen LogP contribution in [0.2, 0.25) is 5.02 Å². The number of hydrogen-bond donors (Lipinski definition) is 1. The van der Waals surface area contributed by atoms with Crippen molar-refractivity contribution in [1.82, 2.24) is 10.2 Å². The zero-order chi connectivity index (χ0) is 25.4. The summed E-state index contributed by atoms with van der Waals surface area (Å²) in [6, 6.07) is 14.4. The predicted molar refractivity (Wildman–Crippen MR) is 134 cm³/mol. The molecule has 1 N–H and O–H groups in total. The second-order valence-corrected chi connectivity index (χ2v) is 10.7. The van der Waals surface area contributed by atoms with E-state index in [0.29, 0.717) is 34.3 Å². The summed E-state index contributed by atoms with van der Waals surface area (Å²) >= 11 is 6.99. The van der Waals surface area contributed by atoms with E-state index in [1.54, 1.807) is 24.3 Å². The van der Waals surface area contributed by atoms with Gasteiger partial charge in [-0.3, -0.25) is 10.1 Å². The molecule has 0 bridgehead atoms. The molecule has 12 heteroatoms. The zero-order valence-electron chi connectivity index (χ0n) is 18.8. The Morgan fingerprint density at radius 2 is 1.89 bits per heavy atom. The average molecular weight is 533 g/mol. The van der Waals surface area contributed by atoms with Crippen LogP contribution in [0.15, 0.2) is 52.4 Å². The lowest BCUT2D eigenvalue weighted by Crippen LogP contribution is -2.13. The molecule has 0 radical (unpaired) electrons. The van der Waals surface area contributed by atoms with E-state index in [1.165, 1.54) is 6.08 Å². The minimum atomic E-state index is -3.55. The van der Waals surface area contributed by atoms with Gasteiger partial charge in [0.25, 0.3) is 5.91 Å². The van der Waals surface area contributed by atoms with Gasteiger partial charge in [-0.05, 0) is 41.8 Å². The fraction of sp³-hybridized carbons (Fsp3) is 0.217. The Morgan fingerprint density at radius 1 is 1.17 bits per heavy atom. The Kier molecular flexibility index (Phi) is 8.81. The lowest BCUT2D eigenvalue weighted by Gasteiger charge is -2.12. The second kappa shape index (κ2) is 11.8. The third-order valence-corrected chi connectivity index (χ3v) is 7.33. The Hall–Kier alpha value is -3.46. The van der Waals surface area contributed by atoms with E-state index in [9.17, 15) is 18.5 Å². The first-order valence-electron chi connectivity index (χ1n) is 10.3. The Balaban J connectivity index is 1.60. The van der Waals surface area contributed by atoms with E-state index >= 15 is 0 Å². The van der Waals surface area contributed by atoms with Gasteiger partial charge in [-0.2, -0.15) is 5.26 Å². The minimum absolute atomic E-state index is 0.0397. The molecule has 1 heterocycles. The third-order valence-electron chi connectivity index (χ3n) is 4.53. The van der Waals surface area contributed by atoms with Crippen LogP contribution in [-0.4, -0.2) is 44.0 Å². The van der Waals surface area contributed by atoms with Crippen LogP contribution in [0.1, 0.15) is 18.1 Å². The first kappa shape index (κ1) is 26.2. The van der Waals surface area contributed by atoms with Gasteiger partial charge in [0, 0.05) is 6.26 Å². The van der Waals surface area contributed by atoms with E-state index < -0.39 is 15.7 Å². The van der Waals surface area contributed by atoms with Crippen LogP contribution < -0.4 is 14.8 Å². The maximum atomic E-state index is 12.4. The molecule has 0 aliphatic carbocycles. The number of rotatable bonds is 10. The number of ether oxygens (including phenoxy) is 2. The van der Waals surface area contributed by atoms with Gasteiger partial charge in [0.1, 0.15) is 36.4 Å². The van der Waals surface area contributed by atoms with Gasteiger partial charge < -0.3 is 9.47 Å². The topological polar surface area (TPSA) is 131 Å². The lowest BCUT2D eigenvalue weighted by molar-refractivity contribution is -0.112. The molecule has 3 aromatic rings. The van der Waals surface area contributed by atoms with Crippen LogP contribution in [0.3, 0.4) is 0 Å². The monoisotopic (exact) mass is 532 g/mol. The van der Waals surface area contributed by atoms with E-state index in [1.807, 2.05) is 24.3 Å². The van der Waals surface area contributed by atoms with Crippen LogP contribution in [-0.2, 0) is 21.1 Å². The lowest BCUT2D eigenvalue weighted by atomic mass is 10.1. The van der Waals surface area contributed by atoms with Crippen LogP contribution in [0, 0.1) is 11.3 Å². The summed E-state index contributed by atoms with van der Waals surface area (Å²) in [5.41, 5.74) is 1.38. The molecule has 0 spiro atoms. The molecule has 0 atom stereocenters. The third kappa shape index (κ3) is 7.26. The molecule has 0 saturated carbocycles. The van der Waals surface area contributed by atoms with Gasteiger partial charge in [-0.1, -0.05) is 54.1 Å². The molecule has 0 aliphatic heterocycles. The molecule has 0 fully saturated rings. The number of benzene rings is 2. The van der Waals surface area contributed by atoms with Crippen molar-refractivity contribution < 1.29 is 22.7 Å². The smallest absolute Gasteiger partial charge is 0.268 e. The van der Waals surface area contributed by atoms with Crippen molar-refractivity contribution in [2.75, 3.05) is 24.8 Å². The Bertz CT molecular complexity index is 1400. The van der Waals surface area contributed by atoms with Crippen molar-refractivity contribution in [2.24, 2.45) is 0 Å². The number of para-hydroxylation sites is 1. The average Bonchev–Trinajstić information content (AvgIpc) is 3.30. The number of sulfone groups is 1. The number of carbonyl (C=O) groups excluding carboxylic acids is 1. The van der Waals surface area contributed by atoms with Crippen LogP contribution in [0.25, 0.3) is 6.08 Å². The first-order valence-corrected chi connectivity index (χ1v) is 13.4. The van der Waals surface area contributed by atoms with E-state index in [0.717, 1.165) is 24.0 Å². The highest BCUT2D eigenvalue weighted by Gasteiger charge is 2.17. The van der Waals surface area contributed by atoms with Crippen LogP contribution in [0.5, 0.6) is 11.5 Å². The number of amides is 1. The number of aromatic nitrogens is 2. The molecule has 0 unspecified atom stereocenters. The quantitative estimate of drug-likeness (QED) is 0.178. The maximum Gasteiger partial charge on any atom is 0.268 e. The molecule has 0 aliphatic rings. The Labute approximate surface area is 211 Å². The van der Waals surface area contributed by atoms with Crippen molar-refractivity contribution in [3.05, 3.63) is 64.2 Å². The second-order valence-electron chi connectivity index (χ2n) is 7.12. The van der Waals surface area contributed by atoms with Crippen molar-refractivity contribution in [1.29, 1.82) is 5.26 Å². The number of hydrogen-bond acceptors (Lipinski definition) is 9. The molecule has 1 amide bonds. The predicted octanol–water partition coefficient (Wildman–Crippen LogP) is 4.16.